The van der Waals surface area contributed by atoms with Gasteiger partial charge in [-0.3, -0.25) is 9.59 Å². The zero-order valence-corrected chi connectivity index (χ0v) is 19.6. The smallest absolute Gasteiger partial charge is 0.252 e. The molecule has 4 aromatic carbocycles. The first-order valence-electron chi connectivity index (χ1n) is 11.4. The van der Waals surface area contributed by atoms with Crippen LogP contribution in [0.3, 0.4) is 0 Å². The largest absolute Gasteiger partial charge is 0.354 e. The van der Waals surface area contributed by atoms with Gasteiger partial charge in [-0.15, -0.1) is 0 Å². The molecule has 0 aliphatic carbocycles. The molecule has 1 atom stereocenters. The van der Waals surface area contributed by atoms with Crippen LogP contribution in [0.2, 0.25) is 5.02 Å². The van der Waals surface area contributed by atoms with Gasteiger partial charge in [-0.1, -0.05) is 90.5 Å². The highest BCUT2D eigenvalue weighted by Crippen LogP contribution is 2.19. The van der Waals surface area contributed by atoms with E-state index < -0.39 is 6.04 Å². The maximum Gasteiger partial charge on any atom is 0.252 e. The van der Waals surface area contributed by atoms with Crippen LogP contribution in [-0.2, 0) is 17.6 Å². The van der Waals surface area contributed by atoms with E-state index in [2.05, 4.69) is 22.8 Å². The van der Waals surface area contributed by atoms with Gasteiger partial charge in [0.25, 0.3) is 5.91 Å². The van der Waals surface area contributed by atoms with Gasteiger partial charge in [-0.25, -0.2) is 0 Å². The normalized spacial score (nSPS) is 11.7. The number of amides is 2. The van der Waals surface area contributed by atoms with Crippen LogP contribution in [-0.4, -0.2) is 24.4 Å². The molecule has 4 nitrogen and oxygen atoms in total. The van der Waals surface area contributed by atoms with Crippen molar-refractivity contribution in [3.8, 4) is 0 Å². The minimum Gasteiger partial charge on any atom is -0.354 e. The Hall–Kier alpha value is -3.63. The Balaban J connectivity index is 1.46. The maximum atomic E-state index is 13.2. The molecule has 1 unspecified atom stereocenters. The van der Waals surface area contributed by atoms with Crippen LogP contribution >= 0.6 is 11.6 Å². The van der Waals surface area contributed by atoms with Gasteiger partial charge in [0.05, 0.1) is 0 Å². The van der Waals surface area contributed by atoms with E-state index in [4.69, 9.17) is 11.6 Å². The van der Waals surface area contributed by atoms with Crippen LogP contribution in [0.5, 0.6) is 0 Å². The lowest BCUT2D eigenvalue weighted by Crippen LogP contribution is -2.48. The standard InChI is InChI=1S/C29H27ClN2O2/c30-24-17-15-22(16-18-24)20-27(29(34)31-19-7-10-21-8-2-1-3-9-21)32-28(33)26-14-6-12-23-11-4-5-13-25(23)26/h1-6,8-9,11-18,27H,7,10,19-20H2,(H,31,34)(H,32,33). The Bertz CT molecular complexity index is 1250. The van der Waals surface area contributed by atoms with Gasteiger partial charge in [-0.2, -0.15) is 0 Å². The molecule has 172 valence electrons. The molecule has 0 fully saturated rings. The van der Waals surface area contributed by atoms with Gasteiger partial charge < -0.3 is 10.6 Å². The van der Waals surface area contributed by atoms with Crippen LogP contribution in [0.15, 0.2) is 97.1 Å². The Morgan fingerprint density at radius 1 is 0.765 bits per heavy atom. The topological polar surface area (TPSA) is 58.2 Å². The molecule has 0 saturated carbocycles. The molecule has 0 spiro atoms. The second-order valence-electron chi connectivity index (χ2n) is 8.26. The number of aryl methyl sites for hydroxylation is 1. The molecule has 0 radical (unpaired) electrons. The van der Waals surface area contributed by atoms with Gasteiger partial charge in [0.2, 0.25) is 5.91 Å². The van der Waals surface area contributed by atoms with Crippen molar-refractivity contribution in [2.45, 2.75) is 25.3 Å². The van der Waals surface area contributed by atoms with E-state index in [9.17, 15) is 9.59 Å². The molecular weight excluding hydrogens is 444 g/mol. The van der Waals surface area contributed by atoms with Crippen LogP contribution in [0.4, 0.5) is 0 Å². The Labute approximate surface area is 205 Å². The minimum atomic E-state index is -0.704. The van der Waals surface area contributed by atoms with E-state index in [0.29, 0.717) is 23.6 Å². The fourth-order valence-electron chi connectivity index (χ4n) is 4.00. The van der Waals surface area contributed by atoms with Crippen molar-refractivity contribution in [3.05, 3.63) is 119 Å². The lowest BCUT2D eigenvalue weighted by Gasteiger charge is -2.19. The molecular formula is C29H27ClN2O2. The van der Waals surface area contributed by atoms with E-state index in [1.54, 1.807) is 18.2 Å². The highest BCUT2D eigenvalue weighted by molar-refractivity contribution is 6.30. The number of rotatable bonds is 9. The quantitative estimate of drug-likeness (QED) is 0.313. The first kappa shape index (κ1) is 23.5. The molecule has 5 heteroatoms. The summed E-state index contributed by atoms with van der Waals surface area (Å²) in [5, 5.41) is 8.43. The molecule has 2 N–H and O–H groups in total. The van der Waals surface area contributed by atoms with E-state index in [0.717, 1.165) is 29.2 Å². The highest BCUT2D eigenvalue weighted by atomic mass is 35.5. The lowest BCUT2D eigenvalue weighted by atomic mass is 10.0. The molecule has 0 aliphatic heterocycles. The molecule has 0 saturated heterocycles. The van der Waals surface area contributed by atoms with E-state index in [-0.39, 0.29) is 11.8 Å². The van der Waals surface area contributed by atoms with Crippen molar-refractivity contribution < 1.29 is 9.59 Å². The van der Waals surface area contributed by atoms with Crippen LogP contribution in [0.25, 0.3) is 10.8 Å². The zero-order valence-electron chi connectivity index (χ0n) is 18.8. The summed E-state index contributed by atoms with van der Waals surface area (Å²) in [6, 6.07) is 30.2. The van der Waals surface area contributed by atoms with Gasteiger partial charge in [0.15, 0.2) is 0 Å². The van der Waals surface area contributed by atoms with Crippen molar-refractivity contribution >= 4 is 34.2 Å². The predicted octanol–water partition coefficient (Wildman–Crippen LogP) is 5.58. The first-order chi connectivity index (χ1) is 16.6. The third-order valence-electron chi connectivity index (χ3n) is 5.79. The molecule has 0 aliphatic rings. The van der Waals surface area contributed by atoms with Crippen LogP contribution in [0.1, 0.15) is 27.9 Å². The van der Waals surface area contributed by atoms with E-state index in [1.165, 1.54) is 5.56 Å². The summed E-state index contributed by atoms with van der Waals surface area (Å²) in [4.78, 5) is 26.3. The molecule has 0 bridgehead atoms. The third-order valence-corrected chi connectivity index (χ3v) is 6.05. The van der Waals surface area contributed by atoms with Gasteiger partial charge in [0.1, 0.15) is 6.04 Å². The predicted molar refractivity (Wildman–Crippen MR) is 138 cm³/mol. The number of benzene rings is 4. The van der Waals surface area contributed by atoms with Crippen molar-refractivity contribution in [1.29, 1.82) is 0 Å². The summed E-state index contributed by atoms with van der Waals surface area (Å²) < 4.78 is 0. The number of nitrogens with one attached hydrogen (secondary N) is 2. The Kier molecular flexibility index (Phi) is 7.95. The summed E-state index contributed by atoms with van der Waals surface area (Å²) in [5.41, 5.74) is 2.71. The second kappa shape index (κ2) is 11.5. The first-order valence-corrected chi connectivity index (χ1v) is 11.8. The molecule has 4 aromatic rings. The average molecular weight is 471 g/mol. The summed E-state index contributed by atoms with van der Waals surface area (Å²) in [6.07, 6.45) is 2.07. The SMILES string of the molecule is O=C(NC(Cc1ccc(Cl)cc1)C(=O)NCCCc1ccccc1)c1cccc2ccccc12. The molecule has 2 amide bonds. The number of carbonyl (C=O) groups excluding carboxylic acids is 2. The fourth-order valence-corrected chi connectivity index (χ4v) is 4.12. The third kappa shape index (κ3) is 6.24. The Morgan fingerprint density at radius 3 is 2.26 bits per heavy atom. The van der Waals surface area contributed by atoms with E-state index >= 15 is 0 Å². The number of halogens is 1. The summed E-state index contributed by atoms with van der Waals surface area (Å²) in [5.74, 6) is -0.466. The van der Waals surface area contributed by atoms with Gasteiger partial charge >= 0.3 is 0 Å². The molecule has 34 heavy (non-hydrogen) atoms. The van der Waals surface area contributed by atoms with Gasteiger partial charge in [-0.05, 0) is 52.9 Å². The summed E-state index contributed by atoms with van der Waals surface area (Å²) in [6.45, 7) is 0.537. The van der Waals surface area contributed by atoms with E-state index in [1.807, 2.05) is 66.7 Å². The summed E-state index contributed by atoms with van der Waals surface area (Å²) >= 11 is 6.02. The van der Waals surface area contributed by atoms with Crippen molar-refractivity contribution in [2.24, 2.45) is 0 Å². The summed E-state index contributed by atoms with van der Waals surface area (Å²) in [7, 11) is 0. The number of hydrogen-bond acceptors (Lipinski definition) is 2. The minimum absolute atomic E-state index is 0.198. The van der Waals surface area contributed by atoms with Crippen molar-refractivity contribution in [2.75, 3.05) is 6.54 Å². The average Bonchev–Trinajstić information content (AvgIpc) is 2.87. The number of hydrogen-bond donors (Lipinski definition) is 2. The molecule has 4 rings (SSSR count). The van der Waals surface area contributed by atoms with Crippen LogP contribution in [0, 0.1) is 0 Å². The van der Waals surface area contributed by atoms with Crippen molar-refractivity contribution in [1.82, 2.24) is 10.6 Å². The van der Waals surface area contributed by atoms with Crippen molar-refractivity contribution in [3.63, 3.8) is 0 Å². The van der Waals surface area contributed by atoms with Gasteiger partial charge in [0, 0.05) is 23.6 Å². The fraction of sp³-hybridized carbons (Fsp3) is 0.172. The monoisotopic (exact) mass is 470 g/mol. The number of carbonyl (C=O) groups is 2. The lowest BCUT2D eigenvalue weighted by molar-refractivity contribution is -0.122. The maximum absolute atomic E-state index is 13.2. The van der Waals surface area contributed by atoms with Crippen LogP contribution < -0.4 is 10.6 Å². The highest BCUT2D eigenvalue weighted by Gasteiger charge is 2.22. The second-order valence-corrected chi connectivity index (χ2v) is 8.70. The Morgan fingerprint density at radius 2 is 1.47 bits per heavy atom. The zero-order chi connectivity index (χ0) is 23.8. The number of fused-ring (bicyclic) bond motifs is 1. The molecule has 0 heterocycles. The molecule has 0 aromatic heterocycles.